The van der Waals surface area contributed by atoms with Crippen molar-refractivity contribution in [2.75, 3.05) is 0 Å². The molecule has 0 heteroatoms. The van der Waals surface area contributed by atoms with Crippen molar-refractivity contribution in [3.8, 4) is 0 Å². The molecule has 3 unspecified atom stereocenters. The van der Waals surface area contributed by atoms with Crippen LogP contribution in [0.5, 0.6) is 0 Å². The van der Waals surface area contributed by atoms with Crippen molar-refractivity contribution in [2.24, 2.45) is 29.1 Å². The van der Waals surface area contributed by atoms with Gasteiger partial charge in [0.25, 0.3) is 0 Å². The minimum absolute atomic E-state index is 0.484. The van der Waals surface area contributed by atoms with Gasteiger partial charge in [-0.1, -0.05) is 93.9 Å². The maximum atomic E-state index is 2.46. The molecule has 0 saturated heterocycles. The molecule has 0 nitrogen and oxygen atoms in total. The zero-order valence-corrected chi connectivity index (χ0v) is 15.8. The van der Waals surface area contributed by atoms with E-state index < -0.39 is 0 Å². The lowest BCUT2D eigenvalue weighted by molar-refractivity contribution is 0.235. The Bertz CT molecular complexity index is 221. The Morgan fingerprint density at radius 2 is 1.15 bits per heavy atom. The predicted octanol–water partition coefficient (Wildman–Crippen LogP) is 7.33. The average Bonchev–Trinajstić information content (AvgIpc) is 2.25. The van der Waals surface area contributed by atoms with Crippen LogP contribution in [0.1, 0.15) is 100 Å². The lowest BCUT2D eigenvalue weighted by atomic mass is 9.78. The van der Waals surface area contributed by atoms with Crippen molar-refractivity contribution >= 4 is 0 Å². The van der Waals surface area contributed by atoms with Crippen LogP contribution < -0.4 is 0 Å². The van der Waals surface area contributed by atoms with Gasteiger partial charge in [0.15, 0.2) is 0 Å². The lowest BCUT2D eigenvalue weighted by Gasteiger charge is -2.28. The Morgan fingerprint density at radius 3 is 1.60 bits per heavy atom. The van der Waals surface area contributed by atoms with Crippen LogP contribution in [0, 0.1) is 29.1 Å². The number of hydrogen-bond acceptors (Lipinski definition) is 0. The van der Waals surface area contributed by atoms with Crippen LogP contribution in [-0.2, 0) is 0 Å². The zero-order valence-electron chi connectivity index (χ0n) is 15.8. The normalized spacial score (nSPS) is 17.2. The molecule has 0 aromatic rings. The lowest BCUT2D eigenvalue weighted by Crippen LogP contribution is -2.17. The highest BCUT2D eigenvalue weighted by Gasteiger charge is 2.19. The SMILES string of the molecule is CC(C)CCCC(C)CCCC(C)C(C)CC(C)(C)C. The van der Waals surface area contributed by atoms with Gasteiger partial charge in [-0.3, -0.25) is 0 Å². The predicted molar refractivity (Wildman–Crippen MR) is 94.1 cm³/mol. The quantitative estimate of drug-likeness (QED) is 0.393. The third-order valence-electron chi connectivity index (χ3n) is 4.74. The molecule has 0 rings (SSSR count). The summed E-state index contributed by atoms with van der Waals surface area (Å²) in [5, 5.41) is 0. The second-order valence-corrected chi connectivity index (χ2v) is 9.08. The van der Waals surface area contributed by atoms with Gasteiger partial charge in [0.05, 0.1) is 0 Å². The van der Waals surface area contributed by atoms with E-state index in [1.54, 1.807) is 0 Å². The van der Waals surface area contributed by atoms with E-state index in [0.717, 1.165) is 23.7 Å². The maximum Gasteiger partial charge on any atom is -0.0380 e. The van der Waals surface area contributed by atoms with Gasteiger partial charge >= 0.3 is 0 Å². The Balaban J connectivity index is 3.71. The number of hydrogen-bond donors (Lipinski definition) is 0. The summed E-state index contributed by atoms with van der Waals surface area (Å²) in [5.41, 5.74) is 0.484. The fourth-order valence-electron chi connectivity index (χ4n) is 3.26. The molecule has 0 amide bonds. The van der Waals surface area contributed by atoms with Crippen LogP contribution in [0.2, 0.25) is 0 Å². The monoisotopic (exact) mass is 282 g/mol. The first-order valence-electron chi connectivity index (χ1n) is 9.11. The Kier molecular flexibility index (Phi) is 9.85. The van der Waals surface area contributed by atoms with Crippen molar-refractivity contribution in [3.05, 3.63) is 0 Å². The van der Waals surface area contributed by atoms with Gasteiger partial charge in [0, 0.05) is 0 Å². The van der Waals surface area contributed by atoms with Gasteiger partial charge in [-0.15, -0.1) is 0 Å². The molecule has 0 radical (unpaired) electrons. The van der Waals surface area contributed by atoms with Crippen molar-refractivity contribution in [1.82, 2.24) is 0 Å². The smallest absolute Gasteiger partial charge is 0.0380 e. The Hall–Kier alpha value is 0. The van der Waals surface area contributed by atoms with Gasteiger partial charge < -0.3 is 0 Å². The van der Waals surface area contributed by atoms with Crippen LogP contribution in [0.15, 0.2) is 0 Å². The first kappa shape index (κ1) is 20.0. The summed E-state index contributed by atoms with van der Waals surface area (Å²) in [4.78, 5) is 0. The van der Waals surface area contributed by atoms with E-state index in [-0.39, 0.29) is 0 Å². The molecule has 0 aliphatic carbocycles. The molecule has 122 valence electrons. The standard InChI is InChI=1S/C20H42/c1-16(2)11-9-12-17(3)13-10-14-18(4)19(5)15-20(6,7)8/h16-19H,9-15H2,1-8H3. The fourth-order valence-corrected chi connectivity index (χ4v) is 3.26. The number of rotatable bonds is 10. The fraction of sp³-hybridized carbons (Fsp3) is 1.00. The molecular weight excluding hydrogens is 240 g/mol. The molecule has 0 aromatic heterocycles. The minimum Gasteiger partial charge on any atom is -0.0628 e. The summed E-state index contributed by atoms with van der Waals surface area (Å²) >= 11 is 0. The van der Waals surface area contributed by atoms with Gasteiger partial charge in [0.1, 0.15) is 0 Å². The van der Waals surface area contributed by atoms with E-state index in [4.69, 9.17) is 0 Å². The molecule has 0 fully saturated rings. The Labute approximate surface area is 130 Å². The first-order chi connectivity index (χ1) is 9.11. The van der Waals surface area contributed by atoms with Crippen LogP contribution in [0.25, 0.3) is 0 Å². The molecule has 0 aliphatic rings. The highest BCUT2D eigenvalue weighted by Crippen LogP contribution is 2.31. The summed E-state index contributed by atoms with van der Waals surface area (Å²) in [5.74, 6) is 3.56. The molecule has 0 saturated carbocycles. The first-order valence-corrected chi connectivity index (χ1v) is 9.11. The maximum absolute atomic E-state index is 2.46. The van der Waals surface area contributed by atoms with Crippen LogP contribution in [0.4, 0.5) is 0 Å². The van der Waals surface area contributed by atoms with Gasteiger partial charge in [-0.25, -0.2) is 0 Å². The average molecular weight is 283 g/mol. The highest BCUT2D eigenvalue weighted by atomic mass is 14.3. The summed E-state index contributed by atoms with van der Waals surface area (Å²) in [6, 6.07) is 0. The largest absolute Gasteiger partial charge is 0.0628 e. The van der Waals surface area contributed by atoms with Crippen molar-refractivity contribution in [2.45, 2.75) is 100 Å². The van der Waals surface area contributed by atoms with E-state index in [1.165, 1.54) is 44.9 Å². The molecule has 0 N–H and O–H groups in total. The Morgan fingerprint density at radius 1 is 0.650 bits per heavy atom. The summed E-state index contributed by atoms with van der Waals surface area (Å²) in [6.45, 7) is 19.1. The minimum atomic E-state index is 0.484. The molecule has 3 atom stereocenters. The second-order valence-electron chi connectivity index (χ2n) is 9.08. The molecule has 0 heterocycles. The molecular formula is C20H42. The van der Waals surface area contributed by atoms with Crippen LogP contribution >= 0.6 is 0 Å². The van der Waals surface area contributed by atoms with E-state index in [9.17, 15) is 0 Å². The summed E-state index contributed by atoms with van der Waals surface area (Å²) in [7, 11) is 0. The van der Waals surface area contributed by atoms with Crippen LogP contribution in [0.3, 0.4) is 0 Å². The molecule has 0 aromatic carbocycles. The van der Waals surface area contributed by atoms with E-state index in [1.807, 2.05) is 0 Å². The van der Waals surface area contributed by atoms with Gasteiger partial charge in [0.2, 0.25) is 0 Å². The summed E-state index contributed by atoms with van der Waals surface area (Å²) < 4.78 is 0. The second kappa shape index (κ2) is 9.85. The van der Waals surface area contributed by atoms with E-state index >= 15 is 0 Å². The van der Waals surface area contributed by atoms with E-state index in [0.29, 0.717) is 5.41 Å². The van der Waals surface area contributed by atoms with Crippen molar-refractivity contribution < 1.29 is 0 Å². The van der Waals surface area contributed by atoms with Crippen molar-refractivity contribution in [1.29, 1.82) is 0 Å². The molecule has 20 heavy (non-hydrogen) atoms. The van der Waals surface area contributed by atoms with Crippen molar-refractivity contribution in [3.63, 3.8) is 0 Å². The highest BCUT2D eigenvalue weighted by molar-refractivity contribution is 4.71. The summed E-state index contributed by atoms with van der Waals surface area (Å²) in [6.07, 6.45) is 9.91. The van der Waals surface area contributed by atoms with Gasteiger partial charge in [-0.05, 0) is 35.5 Å². The molecule has 0 bridgehead atoms. The zero-order chi connectivity index (χ0) is 15.8. The van der Waals surface area contributed by atoms with Crippen LogP contribution in [-0.4, -0.2) is 0 Å². The third-order valence-corrected chi connectivity index (χ3v) is 4.74. The van der Waals surface area contributed by atoms with Gasteiger partial charge in [-0.2, -0.15) is 0 Å². The molecule has 0 aliphatic heterocycles. The third kappa shape index (κ3) is 11.8. The van der Waals surface area contributed by atoms with E-state index in [2.05, 4.69) is 55.4 Å². The molecule has 0 spiro atoms. The topological polar surface area (TPSA) is 0 Å².